The van der Waals surface area contributed by atoms with E-state index < -0.39 is 12.1 Å². The molecule has 6 nitrogen and oxygen atoms in total. The number of hydrogen-bond acceptors (Lipinski definition) is 5. The molecule has 0 saturated carbocycles. The van der Waals surface area contributed by atoms with Crippen LogP contribution in [0.4, 0.5) is 0 Å². The Morgan fingerprint density at radius 2 is 2.18 bits per heavy atom. The maximum atomic E-state index is 11.0. The van der Waals surface area contributed by atoms with Gasteiger partial charge in [0.15, 0.2) is 0 Å². The topological polar surface area (TPSA) is 99.0 Å². The van der Waals surface area contributed by atoms with Crippen LogP contribution < -0.4 is 10.1 Å². The second-order valence-corrected chi connectivity index (χ2v) is 3.49. The lowest BCUT2D eigenvalue weighted by molar-refractivity contribution is 0.0693. The molecule has 0 radical (unpaired) electrons. The SMILES string of the molecule is CNCC(O)c1cc(C(=O)O)c(OC)cc1O. The number of hydrogen-bond donors (Lipinski definition) is 4. The molecule has 1 atom stereocenters. The lowest BCUT2D eigenvalue weighted by atomic mass is 10.0. The average Bonchev–Trinajstić information content (AvgIpc) is 2.28. The lowest BCUT2D eigenvalue weighted by Crippen LogP contribution is -2.17. The first kappa shape index (κ1) is 13.3. The second-order valence-electron chi connectivity index (χ2n) is 3.49. The van der Waals surface area contributed by atoms with Crippen LogP contribution >= 0.6 is 0 Å². The summed E-state index contributed by atoms with van der Waals surface area (Å²) in [6, 6.07) is 2.39. The predicted molar refractivity (Wildman–Crippen MR) is 60.5 cm³/mol. The van der Waals surface area contributed by atoms with Crippen LogP contribution in [-0.4, -0.2) is 42.0 Å². The maximum absolute atomic E-state index is 11.0. The maximum Gasteiger partial charge on any atom is 0.339 e. The van der Waals surface area contributed by atoms with Gasteiger partial charge in [-0.05, 0) is 13.1 Å². The van der Waals surface area contributed by atoms with Gasteiger partial charge in [0.05, 0.1) is 13.2 Å². The molecule has 0 aliphatic rings. The minimum atomic E-state index is -1.18. The highest BCUT2D eigenvalue weighted by Crippen LogP contribution is 2.31. The third-order valence-corrected chi connectivity index (χ3v) is 2.34. The minimum Gasteiger partial charge on any atom is -0.507 e. The minimum absolute atomic E-state index is 0.0513. The highest BCUT2D eigenvalue weighted by molar-refractivity contribution is 5.91. The number of aliphatic hydroxyl groups excluding tert-OH is 1. The smallest absolute Gasteiger partial charge is 0.339 e. The van der Waals surface area contributed by atoms with Crippen LogP contribution in [0.5, 0.6) is 11.5 Å². The molecule has 0 aliphatic heterocycles. The molecule has 0 fully saturated rings. The summed E-state index contributed by atoms with van der Waals surface area (Å²) in [4.78, 5) is 11.0. The van der Waals surface area contributed by atoms with Gasteiger partial charge >= 0.3 is 5.97 Å². The standard InChI is InChI=1S/C11H15NO5/c1-12-5-9(14)6-3-7(11(15)16)10(17-2)4-8(6)13/h3-4,9,12-14H,5H2,1-2H3,(H,15,16). The van der Waals surface area contributed by atoms with Crippen molar-refractivity contribution in [1.82, 2.24) is 5.32 Å². The lowest BCUT2D eigenvalue weighted by Gasteiger charge is -2.14. The molecule has 1 aromatic rings. The van der Waals surface area contributed by atoms with E-state index in [-0.39, 0.29) is 29.2 Å². The molecule has 0 aromatic heterocycles. The number of phenols is 1. The number of carboxylic acid groups (broad SMARTS) is 1. The van der Waals surface area contributed by atoms with Crippen LogP contribution in [0.1, 0.15) is 22.0 Å². The molecule has 1 unspecified atom stereocenters. The average molecular weight is 241 g/mol. The first-order chi connectivity index (χ1) is 8.01. The number of likely N-dealkylation sites (N-methyl/N-ethyl adjacent to an activating group) is 1. The van der Waals surface area contributed by atoms with Gasteiger partial charge in [-0.2, -0.15) is 0 Å². The summed E-state index contributed by atoms with van der Waals surface area (Å²) >= 11 is 0. The zero-order valence-electron chi connectivity index (χ0n) is 9.60. The van der Waals surface area contributed by atoms with Crippen molar-refractivity contribution in [1.29, 1.82) is 0 Å². The molecule has 0 saturated heterocycles. The molecule has 0 aliphatic carbocycles. The number of carboxylic acids is 1. The van der Waals surface area contributed by atoms with Crippen molar-refractivity contribution in [3.63, 3.8) is 0 Å². The quantitative estimate of drug-likeness (QED) is 0.593. The van der Waals surface area contributed by atoms with E-state index >= 15 is 0 Å². The molecule has 4 N–H and O–H groups in total. The molecule has 94 valence electrons. The molecule has 6 heteroatoms. The van der Waals surface area contributed by atoms with Crippen LogP contribution in [0.15, 0.2) is 12.1 Å². The largest absolute Gasteiger partial charge is 0.507 e. The van der Waals surface area contributed by atoms with Gasteiger partial charge in [-0.1, -0.05) is 0 Å². The number of carbonyl (C=O) groups is 1. The van der Waals surface area contributed by atoms with Gasteiger partial charge in [-0.15, -0.1) is 0 Å². The van der Waals surface area contributed by atoms with Gasteiger partial charge in [0.1, 0.15) is 17.1 Å². The number of rotatable bonds is 5. The molecular formula is C11H15NO5. The van der Waals surface area contributed by atoms with Crippen LogP contribution in [-0.2, 0) is 0 Å². The zero-order valence-corrected chi connectivity index (χ0v) is 9.60. The summed E-state index contributed by atoms with van der Waals surface area (Å²) in [6.45, 7) is 0.207. The van der Waals surface area contributed by atoms with Crippen molar-refractivity contribution in [2.24, 2.45) is 0 Å². The van der Waals surface area contributed by atoms with E-state index in [0.717, 1.165) is 0 Å². The Kier molecular flexibility index (Phi) is 4.30. The van der Waals surface area contributed by atoms with Gasteiger partial charge in [-0.3, -0.25) is 0 Å². The van der Waals surface area contributed by atoms with Crippen molar-refractivity contribution in [3.8, 4) is 11.5 Å². The molecule has 0 heterocycles. The first-order valence-corrected chi connectivity index (χ1v) is 4.98. The Hall–Kier alpha value is -1.79. The van der Waals surface area contributed by atoms with Gasteiger partial charge in [0.25, 0.3) is 0 Å². The van der Waals surface area contributed by atoms with Crippen LogP contribution in [0.3, 0.4) is 0 Å². The number of phenolic OH excluding ortho intramolecular Hbond substituents is 1. The van der Waals surface area contributed by atoms with Gasteiger partial charge in [0.2, 0.25) is 0 Å². The molecule has 1 aromatic carbocycles. The molecular weight excluding hydrogens is 226 g/mol. The number of aromatic hydroxyl groups is 1. The molecule has 0 spiro atoms. The number of benzene rings is 1. The Labute approximate surface area is 98.5 Å². The predicted octanol–water partition coefficient (Wildman–Crippen LogP) is 0.352. The number of methoxy groups -OCH3 is 1. The van der Waals surface area contributed by atoms with E-state index in [4.69, 9.17) is 9.84 Å². The van der Waals surface area contributed by atoms with E-state index in [2.05, 4.69) is 5.32 Å². The van der Waals surface area contributed by atoms with Gasteiger partial charge in [-0.25, -0.2) is 4.79 Å². The van der Waals surface area contributed by atoms with Gasteiger partial charge < -0.3 is 25.4 Å². The van der Waals surface area contributed by atoms with E-state index in [9.17, 15) is 15.0 Å². The van der Waals surface area contributed by atoms with Gasteiger partial charge in [0, 0.05) is 18.2 Å². The summed E-state index contributed by atoms with van der Waals surface area (Å²) in [7, 11) is 2.95. The third kappa shape index (κ3) is 2.86. The summed E-state index contributed by atoms with van der Waals surface area (Å²) in [5.74, 6) is -1.33. The number of aliphatic hydroxyl groups is 1. The van der Waals surface area contributed by atoms with Crippen molar-refractivity contribution >= 4 is 5.97 Å². The molecule has 1 rings (SSSR count). The fourth-order valence-electron chi connectivity index (χ4n) is 1.49. The zero-order chi connectivity index (χ0) is 13.0. The fourth-order valence-corrected chi connectivity index (χ4v) is 1.49. The van der Waals surface area contributed by atoms with E-state index in [0.29, 0.717) is 0 Å². The van der Waals surface area contributed by atoms with Crippen molar-refractivity contribution in [3.05, 3.63) is 23.3 Å². The summed E-state index contributed by atoms with van der Waals surface area (Å²) < 4.78 is 4.84. The molecule has 0 amide bonds. The second kappa shape index (κ2) is 5.51. The monoisotopic (exact) mass is 241 g/mol. The number of ether oxygens (including phenoxy) is 1. The molecule has 0 bridgehead atoms. The highest BCUT2D eigenvalue weighted by atomic mass is 16.5. The van der Waals surface area contributed by atoms with Crippen LogP contribution in [0.2, 0.25) is 0 Å². The van der Waals surface area contributed by atoms with Crippen LogP contribution in [0, 0.1) is 0 Å². The van der Waals surface area contributed by atoms with Crippen LogP contribution in [0.25, 0.3) is 0 Å². The summed E-state index contributed by atoms with van der Waals surface area (Å²) in [5, 5.41) is 31.1. The van der Waals surface area contributed by atoms with E-state index in [1.165, 1.54) is 19.2 Å². The van der Waals surface area contributed by atoms with E-state index in [1.807, 2.05) is 0 Å². The summed E-state index contributed by atoms with van der Waals surface area (Å²) in [5.41, 5.74) is 0.0491. The number of aromatic carboxylic acids is 1. The normalized spacial score (nSPS) is 12.2. The van der Waals surface area contributed by atoms with E-state index in [1.54, 1.807) is 7.05 Å². The highest BCUT2D eigenvalue weighted by Gasteiger charge is 2.19. The Morgan fingerprint density at radius 1 is 1.53 bits per heavy atom. The number of nitrogens with one attached hydrogen (secondary N) is 1. The molecule has 17 heavy (non-hydrogen) atoms. The fraction of sp³-hybridized carbons (Fsp3) is 0.364. The van der Waals surface area contributed by atoms with Crippen molar-refractivity contribution in [2.45, 2.75) is 6.10 Å². The van der Waals surface area contributed by atoms with Crippen molar-refractivity contribution in [2.75, 3.05) is 20.7 Å². The third-order valence-electron chi connectivity index (χ3n) is 2.34. The Bertz CT molecular complexity index is 419. The first-order valence-electron chi connectivity index (χ1n) is 4.98. The Balaban J connectivity index is 3.24. The summed E-state index contributed by atoms with van der Waals surface area (Å²) in [6.07, 6.45) is -0.982. The Morgan fingerprint density at radius 3 is 2.65 bits per heavy atom. The van der Waals surface area contributed by atoms with Crippen molar-refractivity contribution < 1.29 is 24.9 Å².